The molecule has 10 heavy (non-hydrogen) atoms. The van der Waals surface area contributed by atoms with Crippen LogP contribution in [0, 0.1) is 0 Å². The first-order valence-corrected chi connectivity index (χ1v) is 4.48. The van der Waals surface area contributed by atoms with Crippen molar-refractivity contribution in [2.75, 3.05) is 13.2 Å². The van der Waals surface area contributed by atoms with E-state index in [-0.39, 0.29) is 6.61 Å². The summed E-state index contributed by atoms with van der Waals surface area (Å²) in [6.45, 7) is 2.39. The van der Waals surface area contributed by atoms with Crippen LogP contribution in [0.1, 0.15) is 6.92 Å². The molecule has 0 bridgehead atoms. The Balaban J connectivity index is 2.34. The number of carbonyl (C=O) groups excluding carboxylic acids is 1. The van der Waals surface area contributed by atoms with Crippen LogP contribution in [0.4, 0.5) is 0 Å². The van der Waals surface area contributed by atoms with E-state index in [0.29, 0.717) is 6.61 Å². The summed E-state index contributed by atoms with van der Waals surface area (Å²) >= 11 is 0. The predicted octanol–water partition coefficient (Wildman–Crippen LogP) is 0.423. The van der Waals surface area contributed by atoms with Crippen LogP contribution in [0.3, 0.4) is 0 Å². The lowest BCUT2D eigenvalue weighted by Crippen LogP contribution is -2.37. The van der Waals surface area contributed by atoms with Gasteiger partial charge in [-0.3, -0.25) is 9.36 Å². The van der Waals surface area contributed by atoms with Crippen LogP contribution in [0.15, 0.2) is 0 Å². The van der Waals surface area contributed by atoms with Gasteiger partial charge in [-0.25, -0.2) is 0 Å². The highest BCUT2D eigenvalue weighted by molar-refractivity contribution is 7.41. The third-order valence-corrected chi connectivity index (χ3v) is 2.79. The van der Waals surface area contributed by atoms with Crippen LogP contribution in [0.5, 0.6) is 0 Å². The van der Waals surface area contributed by atoms with Crippen LogP contribution in [0.25, 0.3) is 0 Å². The lowest BCUT2D eigenvalue weighted by Gasteiger charge is -2.22. The number of rotatable bonds is 3. The minimum absolute atomic E-state index is 0.261. The van der Waals surface area contributed by atoms with Gasteiger partial charge in [-0.1, -0.05) is 0 Å². The van der Waals surface area contributed by atoms with Gasteiger partial charge in [0.15, 0.2) is 5.66 Å². The molecule has 0 radical (unpaired) electrons. The van der Waals surface area contributed by atoms with Gasteiger partial charge in [0.2, 0.25) is 8.03 Å². The van der Waals surface area contributed by atoms with Crippen molar-refractivity contribution in [1.82, 2.24) is 0 Å². The summed E-state index contributed by atoms with van der Waals surface area (Å²) in [5.41, 5.74) is -0.468. The highest BCUT2D eigenvalue weighted by atomic mass is 31.1. The Morgan fingerprint density at radius 2 is 2.60 bits per heavy atom. The number of carbonyl (C=O) groups is 1. The highest BCUT2D eigenvalue weighted by Crippen LogP contribution is 2.34. The van der Waals surface area contributed by atoms with E-state index in [1.165, 1.54) is 0 Å². The molecule has 58 valence electrons. The van der Waals surface area contributed by atoms with Crippen molar-refractivity contribution in [2.24, 2.45) is 0 Å². The molecule has 1 saturated heterocycles. The Bertz CT molecular complexity index is 167. The van der Waals surface area contributed by atoms with Crippen LogP contribution in [-0.4, -0.2) is 24.8 Å². The van der Waals surface area contributed by atoms with Gasteiger partial charge >= 0.3 is 5.97 Å². The van der Waals surface area contributed by atoms with E-state index in [9.17, 15) is 9.36 Å². The molecule has 5 heteroatoms. The molecule has 0 aliphatic carbocycles. The first kappa shape index (κ1) is 7.76. The van der Waals surface area contributed by atoms with Crippen molar-refractivity contribution in [3.8, 4) is 0 Å². The van der Waals surface area contributed by atoms with Crippen molar-refractivity contribution in [2.45, 2.75) is 12.6 Å². The number of hydrogen-bond donors (Lipinski definition) is 0. The van der Waals surface area contributed by atoms with Crippen LogP contribution in [-0.2, 0) is 18.6 Å². The fourth-order valence-electron chi connectivity index (χ4n) is 0.642. The molecule has 0 saturated carbocycles. The third kappa shape index (κ3) is 1.39. The number of esters is 1. The molecule has 1 heterocycles. The first-order valence-electron chi connectivity index (χ1n) is 3.09. The zero-order valence-electron chi connectivity index (χ0n) is 5.62. The van der Waals surface area contributed by atoms with Gasteiger partial charge in [-0.2, -0.15) is 0 Å². The van der Waals surface area contributed by atoms with E-state index in [4.69, 9.17) is 4.52 Å². The second-order valence-electron chi connectivity index (χ2n) is 1.93. The molecule has 2 unspecified atom stereocenters. The van der Waals surface area contributed by atoms with Gasteiger partial charge in [-0.05, 0) is 6.92 Å². The quantitative estimate of drug-likeness (QED) is 0.448. The Morgan fingerprint density at radius 3 is 2.90 bits per heavy atom. The van der Waals surface area contributed by atoms with Gasteiger partial charge < -0.3 is 9.26 Å². The monoisotopic (exact) mass is 164 g/mol. The summed E-state index contributed by atoms with van der Waals surface area (Å²) in [6, 6.07) is 0. The number of hydrogen-bond acceptors (Lipinski definition) is 4. The Hall–Kier alpha value is -0.340. The molecule has 1 aliphatic heterocycles. The minimum Gasteiger partial charge on any atom is -0.463 e. The maximum Gasteiger partial charge on any atom is 0.322 e. The molecule has 2 atom stereocenters. The summed E-state index contributed by atoms with van der Waals surface area (Å²) < 4.78 is 20.1. The maximum atomic E-state index is 10.9. The van der Waals surface area contributed by atoms with E-state index in [1.54, 1.807) is 6.92 Å². The Kier molecular flexibility index (Phi) is 2.46. The second-order valence-corrected chi connectivity index (χ2v) is 3.56. The molecule has 0 aromatic carbocycles. The van der Waals surface area contributed by atoms with E-state index in [0.717, 1.165) is 0 Å². The van der Waals surface area contributed by atoms with Crippen LogP contribution in [0.2, 0.25) is 0 Å². The summed E-state index contributed by atoms with van der Waals surface area (Å²) in [5.74, 6) is -0.391. The molecule has 1 fully saturated rings. The van der Waals surface area contributed by atoms with Crippen molar-refractivity contribution in [1.29, 1.82) is 0 Å². The summed E-state index contributed by atoms with van der Waals surface area (Å²) in [7, 11) is -2.16. The largest absolute Gasteiger partial charge is 0.463 e. The van der Waals surface area contributed by atoms with Crippen molar-refractivity contribution in [3.05, 3.63) is 0 Å². The maximum absolute atomic E-state index is 10.9. The molecule has 0 aromatic heterocycles. The average Bonchev–Trinajstić information content (AvgIpc) is 1.85. The summed E-state index contributed by atoms with van der Waals surface area (Å²) in [5, 5.41) is 0. The van der Waals surface area contributed by atoms with E-state index >= 15 is 0 Å². The van der Waals surface area contributed by atoms with E-state index < -0.39 is 19.7 Å². The molecule has 0 N–H and O–H groups in total. The topological polar surface area (TPSA) is 52.6 Å². The summed E-state index contributed by atoms with van der Waals surface area (Å²) in [6.07, 6.45) is 0. The molecule has 1 rings (SSSR count). The van der Waals surface area contributed by atoms with Crippen LogP contribution >= 0.6 is 8.03 Å². The third-order valence-electron chi connectivity index (χ3n) is 1.25. The van der Waals surface area contributed by atoms with Crippen molar-refractivity contribution >= 4 is 14.0 Å². The van der Waals surface area contributed by atoms with E-state index in [1.807, 2.05) is 0 Å². The lowest BCUT2D eigenvalue weighted by atomic mass is 10.4. The summed E-state index contributed by atoms with van der Waals surface area (Å²) in [4.78, 5) is 10.5. The Labute approximate surface area is 59.4 Å². The lowest BCUT2D eigenvalue weighted by molar-refractivity contribution is -0.156. The van der Waals surface area contributed by atoms with Gasteiger partial charge in [0, 0.05) is 0 Å². The van der Waals surface area contributed by atoms with Crippen molar-refractivity contribution < 1.29 is 18.6 Å². The van der Waals surface area contributed by atoms with Crippen LogP contribution < -0.4 is 0 Å². The molecule has 0 aromatic rings. The van der Waals surface area contributed by atoms with Crippen molar-refractivity contribution in [3.63, 3.8) is 0 Å². The average molecular weight is 164 g/mol. The number of ether oxygens (including phenoxy) is 1. The zero-order chi connectivity index (χ0) is 7.56. The minimum atomic E-state index is -2.16. The SMILES string of the molecule is CCO[PH](=O)C1COC1=O. The fraction of sp³-hybridized carbons (Fsp3) is 0.800. The van der Waals surface area contributed by atoms with Gasteiger partial charge in [0.25, 0.3) is 0 Å². The molecule has 4 nitrogen and oxygen atoms in total. The number of cyclic esters (lactones) is 1. The zero-order valence-corrected chi connectivity index (χ0v) is 6.62. The molecule has 0 spiro atoms. The highest BCUT2D eigenvalue weighted by Gasteiger charge is 2.36. The second kappa shape index (κ2) is 3.17. The van der Waals surface area contributed by atoms with Gasteiger partial charge in [-0.15, -0.1) is 0 Å². The molecule has 1 aliphatic rings. The molecule has 0 amide bonds. The van der Waals surface area contributed by atoms with Gasteiger partial charge in [0.1, 0.15) is 6.61 Å². The molecular weight excluding hydrogens is 155 g/mol. The fourth-order valence-corrected chi connectivity index (χ4v) is 1.62. The predicted molar refractivity (Wildman–Crippen MR) is 35.4 cm³/mol. The smallest absolute Gasteiger partial charge is 0.322 e. The van der Waals surface area contributed by atoms with Gasteiger partial charge in [0.05, 0.1) is 6.61 Å². The van der Waals surface area contributed by atoms with E-state index in [2.05, 4.69) is 4.74 Å². The Morgan fingerprint density at radius 1 is 1.90 bits per heavy atom. The standard InChI is InChI=1S/C5H9O4P/c1-2-9-10(7)4-3-8-5(4)6/h4,10H,2-3H2,1H3. The molecular formula is C5H9O4P. The normalized spacial score (nSPS) is 26.9. The first-order chi connectivity index (χ1) is 4.75.